The van der Waals surface area contributed by atoms with Gasteiger partial charge in [0, 0.05) is 19.1 Å². The SMILES string of the molecule is CC(C)C1(CNCCC2CS(=O)(=O)CCN2)CC1. The van der Waals surface area contributed by atoms with Gasteiger partial charge in [-0.15, -0.1) is 0 Å². The molecule has 0 radical (unpaired) electrons. The Labute approximate surface area is 111 Å². The molecule has 106 valence electrons. The van der Waals surface area contributed by atoms with Crippen molar-refractivity contribution in [3.05, 3.63) is 0 Å². The van der Waals surface area contributed by atoms with E-state index in [0.717, 1.165) is 25.4 Å². The maximum atomic E-state index is 11.5. The standard InChI is InChI=1S/C13H26N2O2S/c1-11(2)13(4-5-13)10-14-6-3-12-9-18(16,17)8-7-15-12/h11-12,14-15H,3-10H2,1-2H3. The first-order valence-electron chi connectivity index (χ1n) is 7.08. The van der Waals surface area contributed by atoms with Crippen LogP contribution in [0.3, 0.4) is 0 Å². The monoisotopic (exact) mass is 274 g/mol. The number of nitrogens with one attached hydrogen (secondary N) is 2. The van der Waals surface area contributed by atoms with E-state index in [2.05, 4.69) is 24.5 Å². The summed E-state index contributed by atoms with van der Waals surface area (Å²) in [5.41, 5.74) is 0.534. The van der Waals surface area contributed by atoms with Gasteiger partial charge in [0.25, 0.3) is 0 Å². The van der Waals surface area contributed by atoms with Gasteiger partial charge in [0.2, 0.25) is 0 Å². The minimum atomic E-state index is -2.79. The molecule has 0 bridgehead atoms. The van der Waals surface area contributed by atoms with Crippen molar-refractivity contribution < 1.29 is 8.42 Å². The van der Waals surface area contributed by atoms with Gasteiger partial charge in [-0.1, -0.05) is 13.8 Å². The lowest BCUT2D eigenvalue weighted by atomic mass is 9.92. The summed E-state index contributed by atoms with van der Waals surface area (Å²) in [6.07, 6.45) is 3.59. The number of sulfone groups is 1. The number of hydrogen-bond donors (Lipinski definition) is 2. The van der Waals surface area contributed by atoms with Gasteiger partial charge in [0.05, 0.1) is 11.5 Å². The topological polar surface area (TPSA) is 58.2 Å². The fourth-order valence-corrected chi connectivity index (χ4v) is 4.28. The van der Waals surface area contributed by atoms with Crippen molar-refractivity contribution in [2.24, 2.45) is 11.3 Å². The molecule has 0 amide bonds. The fraction of sp³-hybridized carbons (Fsp3) is 1.00. The second-order valence-corrected chi connectivity index (χ2v) is 8.48. The quantitative estimate of drug-likeness (QED) is 0.703. The third-order valence-corrected chi connectivity index (χ3v) is 6.30. The Morgan fingerprint density at radius 2 is 2.11 bits per heavy atom. The van der Waals surface area contributed by atoms with Crippen LogP contribution in [0.5, 0.6) is 0 Å². The summed E-state index contributed by atoms with van der Waals surface area (Å²) in [5, 5.41) is 6.80. The molecule has 1 atom stereocenters. The van der Waals surface area contributed by atoms with Crippen LogP contribution >= 0.6 is 0 Å². The van der Waals surface area contributed by atoms with Crippen LogP contribution in [-0.4, -0.2) is 45.6 Å². The largest absolute Gasteiger partial charge is 0.316 e. The van der Waals surface area contributed by atoms with E-state index in [9.17, 15) is 8.42 Å². The van der Waals surface area contributed by atoms with E-state index in [-0.39, 0.29) is 6.04 Å². The summed E-state index contributed by atoms with van der Waals surface area (Å²) in [6.45, 7) is 7.21. The molecule has 2 N–H and O–H groups in total. The molecule has 2 fully saturated rings. The fourth-order valence-electron chi connectivity index (χ4n) is 2.79. The van der Waals surface area contributed by atoms with Crippen LogP contribution in [0.2, 0.25) is 0 Å². The zero-order valence-electron chi connectivity index (χ0n) is 11.5. The first kappa shape index (κ1) is 14.3. The summed E-state index contributed by atoms with van der Waals surface area (Å²) in [6, 6.07) is 0.144. The highest BCUT2D eigenvalue weighted by molar-refractivity contribution is 7.91. The number of rotatable bonds is 6. The maximum absolute atomic E-state index is 11.5. The first-order valence-corrected chi connectivity index (χ1v) is 8.90. The predicted octanol–water partition coefficient (Wildman–Crippen LogP) is 0.789. The second-order valence-electron chi connectivity index (χ2n) is 6.25. The molecule has 1 aliphatic carbocycles. The Morgan fingerprint density at radius 3 is 2.67 bits per heavy atom. The van der Waals surface area contributed by atoms with Gasteiger partial charge in [0.1, 0.15) is 0 Å². The molecule has 0 spiro atoms. The molecule has 1 unspecified atom stereocenters. The van der Waals surface area contributed by atoms with Crippen molar-refractivity contribution in [3.8, 4) is 0 Å². The molecular formula is C13H26N2O2S. The van der Waals surface area contributed by atoms with E-state index < -0.39 is 9.84 Å². The normalized spacial score (nSPS) is 29.4. The van der Waals surface area contributed by atoms with E-state index in [1.807, 2.05) is 0 Å². The summed E-state index contributed by atoms with van der Waals surface area (Å²) in [5.74, 6) is 1.36. The maximum Gasteiger partial charge on any atom is 0.153 e. The van der Waals surface area contributed by atoms with Gasteiger partial charge in [0.15, 0.2) is 9.84 Å². The van der Waals surface area contributed by atoms with Crippen LogP contribution in [0, 0.1) is 11.3 Å². The molecule has 1 aliphatic heterocycles. The summed E-state index contributed by atoms with van der Waals surface area (Å²) < 4.78 is 23.0. The lowest BCUT2D eigenvalue weighted by Crippen LogP contribution is -2.46. The van der Waals surface area contributed by atoms with Crippen molar-refractivity contribution in [2.75, 3.05) is 31.1 Å². The molecular weight excluding hydrogens is 248 g/mol. The van der Waals surface area contributed by atoms with Crippen molar-refractivity contribution in [3.63, 3.8) is 0 Å². The van der Waals surface area contributed by atoms with E-state index in [4.69, 9.17) is 0 Å². The molecule has 1 saturated carbocycles. The lowest BCUT2D eigenvalue weighted by Gasteiger charge is -2.25. The zero-order chi connectivity index (χ0) is 13.2. The molecule has 2 aliphatic rings. The highest BCUT2D eigenvalue weighted by Crippen LogP contribution is 2.51. The third kappa shape index (κ3) is 3.68. The van der Waals surface area contributed by atoms with Crippen LogP contribution in [0.15, 0.2) is 0 Å². The zero-order valence-corrected chi connectivity index (χ0v) is 12.4. The molecule has 1 saturated heterocycles. The summed E-state index contributed by atoms with van der Waals surface area (Å²) >= 11 is 0. The number of hydrogen-bond acceptors (Lipinski definition) is 4. The molecule has 0 aromatic carbocycles. The van der Waals surface area contributed by atoms with Crippen molar-refractivity contribution in [1.82, 2.24) is 10.6 Å². The molecule has 4 nitrogen and oxygen atoms in total. The molecule has 5 heteroatoms. The minimum Gasteiger partial charge on any atom is -0.316 e. The van der Waals surface area contributed by atoms with Crippen LogP contribution in [0.25, 0.3) is 0 Å². The Kier molecular flexibility index (Phi) is 4.34. The van der Waals surface area contributed by atoms with Gasteiger partial charge in [-0.25, -0.2) is 8.42 Å². The molecule has 0 aromatic rings. The second kappa shape index (κ2) is 5.47. The average molecular weight is 274 g/mol. The molecule has 1 heterocycles. The van der Waals surface area contributed by atoms with Gasteiger partial charge in [-0.2, -0.15) is 0 Å². The molecule has 18 heavy (non-hydrogen) atoms. The Balaban J connectivity index is 1.64. The Morgan fingerprint density at radius 1 is 1.39 bits per heavy atom. The van der Waals surface area contributed by atoms with Crippen molar-refractivity contribution in [2.45, 2.75) is 39.2 Å². The molecule has 0 aromatic heterocycles. The summed E-state index contributed by atoms with van der Waals surface area (Å²) in [4.78, 5) is 0. The first-order chi connectivity index (χ1) is 8.44. The van der Waals surface area contributed by atoms with E-state index in [0.29, 0.717) is 23.5 Å². The third-order valence-electron chi connectivity index (χ3n) is 4.56. The minimum absolute atomic E-state index is 0.144. The van der Waals surface area contributed by atoms with E-state index in [1.165, 1.54) is 12.8 Å². The predicted molar refractivity (Wildman–Crippen MR) is 74.4 cm³/mol. The van der Waals surface area contributed by atoms with Gasteiger partial charge in [-0.3, -0.25) is 0 Å². The van der Waals surface area contributed by atoms with Gasteiger partial charge < -0.3 is 10.6 Å². The highest BCUT2D eigenvalue weighted by Gasteiger charge is 2.44. The molecule has 2 rings (SSSR count). The van der Waals surface area contributed by atoms with Crippen molar-refractivity contribution in [1.29, 1.82) is 0 Å². The van der Waals surface area contributed by atoms with E-state index in [1.54, 1.807) is 0 Å². The van der Waals surface area contributed by atoms with Gasteiger partial charge >= 0.3 is 0 Å². The van der Waals surface area contributed by atoms with Crippen LogP contribution in [0.1, 0.15) is 33.1 Å². The lowest BCUT2D eigenvalue weighted by molar-refractivity contribution is 0.334. The van der Waals surface area contributed by atoms with Crippen LogP contribution in [-0.2, 0) is 9.84 Å². The van der Waals surface area contributed by atoms with Crippen LogP contribution in [0.4, 0.5) is 0 Å². The van der Waals surface area contributed by atoms with E-state index >= 15 is 0 Å². The Bertz CT molecular complexity index is 374. The average Bonchev–Trinajstić information content (AvgIpc) is 3.04. The highest BCUT2D eigenvalue weighted by atomic mass is 32.2. The Hall–Kier alpha value is -0.130. The van der Waals surface area contributed by atoms with Gasteiger partial charge in [-0.05, 0) is 37.1 Å². The van der Waals surface area contributed by atoms with Crippen LogP contribution < -0.4 is 10.6 Å². The van der Waals surface area contributed by atoms with Crippen molar-refractivity contribution >= 4 is 9.84 Å². The summed E-state index contributed by atoms with van der Waals surface area (Å²) in [7, 11) is -2.79. The smallest absolute Gasteiger partial charge is 0.153 e.